The maximum Gasteiger partial charge on any atom is 0.416 e. The van der Waals surface area contributed by atoms with Gasteiger partial charge < -0.3 is 11.5 Å². The number of alkyl halides is 3. The number of hydrogen-bond donors (Lipinski definition) is 2. The van der Waals surface area contributed by atoms with Crippen molar-refractivity contribution in [3.8, 4) is 0 Å². The molecule has 1 aromatic carbocycles. The molecule has 0 aromatic heterocycles. The van der Waals surface area contributed by atoms with Gasteiger partial charge in [-0.05, 0) is 12.1 Å². The van der Waals surface area contributed by atoms with Crippen LogP contribution in [-0.2, 0) is 6.18 Å². The third-order valence-corrected chi connectivity index (χ3v) is 2.03. The lowest BCUT2D eigenvalue weighted by Crippen LogP contribution is -2.21. The van der Waals surface area contributed by atoms with Crippen molar-refractivity contribution in [2.45, 2.75) is 6.18 Å². The zero-order valence-electron chi connectivity index (χ0n) is 9.08. The minimum Gasteiger partial charge on any atom is -0.369 e. The molecule has 0 atom stereocenters. The first kappa shape index (κ1) is 17.5. The monoisotopic (exact) mass is 318 g/mol. The number of rotatable bonds is 2. The number of benzene rings is 1. The Morgan fingerprint density at radius 1 is 1.26 bits per heavy atom. The van der Waals surface area contributed by atoms with Crippen LogP contribution in [0.5, 0.6) is 0 Å². The van der Waals surface area contributed by atoms with Crippen LogP contribution >= 0.6 is 24.0 Å². The highest BCUT2D eigenvalue weighted by atomic mass is 35.5. The predicted molar refractivity (Wildman–Crippen MR) is 67.1 cm³/mol. The Hall–Kier alpha value is -1.54. The van der Waals surface area contributed by atoms with Crippen molar-refractivity contribution in [1.82, 2.24) is 0 Å². The standard InChI is InChI=1S/C9H7ClF4N4.ClH/c10-6-2-5(9(12,13)14)1-4(7(6)11)3-17-18-8(15)16;/h1-3H,(H4,15,16,18);1H. The Kier molecular flexibility index (Phi) is 6.04. The molecule has 0 bridgehead atoms. The molecule has 0 saturated carbocycles. The molecule has 0 heterocycles. The summed E-state index contributed by atoms with van der Waals surface area (Å²) in [7, 11) is 0. The van der Waals surface area contributed by atoms with Gasteiger partial charge in [0.15, 0.2) is 5.82 Å². The second-order valence-electron chi connectivity index (χ2n) is 3.13. The SMILES string of the molecule is Cl.NC(N)=NN=Cc1cc(C(F)(F)F)cc(Cl)c1F. The van der Waals surface area contributed by atoms with Gasteiger partial charge in [0, 0.05) is 5.56 Å². The number of halogens is 6. The van der Waals surface area contributed by atoms with Crippen LogP contribution in [0.2, 0.25) is 5.02 Å². The van der Waals surface area contributed by atoms with Crippen LogP contribution in [0.25, 0.3) is 0 Å². The van der Waals surface area contributed by atoms with Crippen molar-refractivity contribution in [1.29, 1.82) is 0 Å². The normalized spacial score (nSPS) is 11.2. The van der Waals surface area contributed by atoms with E-state index >= 15 is 0 Å². The van der Waals surface area contributed by atoms with Crippen molar-refractivity contribution in [3.63, 3.8) is 0 Å². The minimum absolute atomic E-state index is 0. The van der Waals surface area contributed by atoms with Gasteiger partial charge in [0.25, 0.3) is 0 Å². The van der Waals surface area contributed by atoms with E-state index in [1.54, 1.807) is 0 Å². The van der Waals surface area contributed by atoms with E-state index in [9.17, 15) is 17.6 Å². The van der Waals surface area contributed by atoms with E-state index in [2.05, 4.69) is 10.2 Å². The van der Waals surface area contributed by atoms with Crippen LogP contribution < -0.4 is 11.5 Å². The van der Waals surface area contributed by atoms with Gasteiger partial charge in [-0.2, -0.15) is 18.3 Å². The summed E-state index contributed by atoms with van der Waals surface area (Å²) in [4.78, 5) is 0. The van der Waals surface area contributed by atoms with Crippen molar-refractivity contribution in [2.75, 3.05) is 0 Å². The van der Waals surface area contributed by atoms with Gasteiger partial charge in [0.2, 0.25) is 5.96 Å². The van der Waals surface area contributed by atoms with Crippen molar-refractivity contribution >= 4 is 36.2 Å². The number of hydrogen-bond acceptors (Lipinski definition) is 2. The third-order valence-electron chi connectivity index (χ3n) is 1.75. The first-order valence-electron chi connectivity index (χ1n) is 4.40. The lowest BCUT2D eigenvalue weighted by Gasteiger charge is -2.08. The van der Waals surface area contributed by atoms with E-state index in [1.807, 2.05) is 0 Å². The van der Waals surface area contributed by atoms with E-state index in [-0.39, 0.29) is 12.4 Å². The summed E-state index contributed by atoms with van der Waals surface area (Å²) in [5, 5.41) is 5.68. The first-order chi connectivity index (χ1) is 8.21. The number of guanidine groups is 1. The summed E-state index contributed by atoms with van der Waals surface area (Å²) in [5.74, 6) is -1.45. The molecule has 0 fully saturated rings. The highest BCUT2D eigenvalue weighted by molar-refractivity contribution is 6.31. The molecule has 1 aromatic rings. The summed E-state index contributed by atoms with van der Waals surface area (Å²) in [6, 6.07) is 1.03. The molecular weight excluding hydrogens is 311 g/mol. The fourth-order valence-corrected chi connectivity index (χ4v) is 1.25. The molecular formula is C9H8Cl2F4N4. The Labute approximate surface area is 116 Å². The molecule has 0 unspecified atom stereocenters. The van der Waals surface area contributed by atoms with E-state index in [4.69, 9.17) is 23.1 Å². The van der Waals surface area contributed by atoms with E-state index < -0.39 is 34.1 Å². The molecule has 106 valence electrons. The van der Waals surface area contributed by atoms with Gasteiger partial charge in [-0.15, -0.1) is 17.5 Å². The Bertz CT molecular complexity index is 510. The van der Waals surface area contributed by atoms with Gasteiger partial charge in [0.1, 0.15) is 0 Å². The highest BCUT2D eigenvalue weighted by Crippen LogP contribution is 2.32. The smallest absolute Gasteiger partial charge is 0.369 e. The molecule has 19 heavy (non-hydrogen) atoms. The lowest BCUT2D eigenvalue weighted by atomic mass is 10.1. The molecule has 0 aliphatic rings. The van der Waals surface area contributed by atoms with E-state index in [1.165, 1.54) is 0 Å². The van der Waals surface area contributed by atoms with Gasteiger partial charge in [-0.3, -0.25) is 0 Å². The quantitative estimate of drug-likeness (QED) is 0.380. The molecule has 0 amide bonds. The largest absolute Gasteiger partial charge is 0.416 e. The summed E-state index contributed by atoms with van der Waals surface area (Å²) < 4.78 is 50.7. The van der Waals surface area contributed by atoms with Crippen LogP contribution in [0.3, 0.4) is 0 Å². The van der Waals surface area contributed by atoms with Gasteiger partial charge in [-0.25, -0.2) is 4.39 Å². The molecule has 0 aliphatic heterocycles. The number of nitrogens with two attached hydrogens (primary N) is 2. The fraction of sp³-hybridized carbons (Fsp3) is 0.111. The van der Waals surface area contributed by atoms with Gasteiger partial charge >= 0.3 is 6.18 Å². The van der Waals surface area contributed by atoms with Crippen LogP contribution in [0.15, 0.2) is 22.3 Å². The van der Waals surface area contributed by atoms with Crippen LogP contribution in [-0.4, -0.2) is 12.2 Å². The fourth-order valence-electron chi connectivity index (χ4n) is 1.03. The average Bonchev–Trinajstić information content (AvgIpc) is 2.22. The first-order valence-corrected chi connectivity index (χ1v) is 4.78. The Balaban J connectivity index is 0.00000324. The number of nitrogens with zero attached hydrogens (tertiary/aromatic N) is 2. The highest BCUT2D eigenvalue weighted by Gasteiger charge is 2.32. The summed E-state index contributed by atoms with van der Waals surface area (Å²) in [6.45, 7) is 0. The molecule has 4 N–H and O–H groups in total. The molecule has 4 nitrogen and oxygen atoms in total. The molecule has 1 rings (SSSR count). The van der Waals surface area contributed by atoms with E-state index in [0.29, 0.717) is 12.1 Å². The second kappa shape index (κ2) is 6.58. The molecule has 0 radical (unpaired) electrons. The summed E-state index contributed by atoms with van der Waals surface area (Å²) in [6.07, 6.45) is -3.91. The molecule has 0 saturated heterocycles. The van der Waals surface area contributed by atoms with Crippen molar-refractivity contribution in [3.05, 3.63) is 34.1 Å². The zero-order chi connectivity index (χ0) is 13.9. The zero-order valence-corrected chi connectivity index (χ0v) is 10.7. The van der Waals surface area contributed by atoms with Gasteiger partial charge in [0.05, 0.1) is 16.8 Å². The maximum atomic E-state index is 13.4. The van der Waals surface area contributed by atoms with Crippen molar-refractivity contribution < 1.29 is 17.6 Å². The van der Waals surface area contributed by atoms with Gasteiger partial charge in [-0.1, -0.05) is 11.6 Å². The minimum atomic E-state index is -4.64. The average molecular weight is 319 g/mol. The third kappa shape index (κ3) is 4.92. The predicted octanol–water partition coefficient (Wildman–Crippen LogP) is 2.53. The summed E-state index contributed by atoms with van der Waals surface area (Å²) in [5.41, 5.74) is 8.31. The van der Waals surface area contributed by atoms with Crippen molar-refractivity contribution in [2.24, 2.45) is 21.7 Å². The molecule has 0 spiro atoms. The summed E-state index contributed by atoms with van der Waals surface area (Å²) >= 11 is 5.34. The molecule has 10 heteroatoms. The lowest BCUT2D eigenvalue weighted by molar-refractivity contribution is -0.137. The van der Waals surface area contributed by atoms with Crippen LogP contribution in [0.1, 0.15) is 11.1 Å². The molecule has 0 aliphatic carbocycles. The topological polar surface area (TPSA) is 76.8 Å². The second-order valence-corrected chi connectivity index (χ2v) is 3.54. The van der Waals surface area contributed by atoms with E-state index in [0.717, 1.165) is 6.21 Å². The Morgan fingerprint density at radius 3 is 2.32 bits per heavy atom. The van der Waals surface area contributed by atoms with Crippen LogP contribution in [0, 0.1) is 5.82 Å². The maximum absolute atomic E-state index is 13.4. The Morgan fingerprint density at radius 2 is 1.84 bits per heavy atom. The van der Waals surface area contributed by atoms with Crippen LogP contribution in [0.4, 0.5) is 17.6 Å².